The number of nitrogens with one attached hydrogen (secondary N) is 1. The predicted molar refractivity (Wildman–Crippen MR) is 53.7 cm³/mol. The number of nitrogens with zero attached hydrogens (tertiary/aromatic N) is 1. The Labute approximate surface area is 84.7 Å². The first-order valence-electron chi connectivity index (χ1n) is 5.27. The van der Waals surface area contributed by atoms with Gasteiger partial charge < -0.3 is 10.2 Å². The van der Waals surface area contributed by atoms with E-state index in [9.17, 15) is 9.59 Å². The van der Waals surface area contributed by atoms with E-state index in [1.165, 1.54) is 0 Å². The lowest BCUT2D eigenvalue weighted by molar-refractivity contribution is -0.144. The largest absolute Gasteiger partial charge is 0.343 e. The molecule has 14 heavy (non-hydrogen) atoms. The van der Waals surface area contributed by atoms with Crippen LogP contribution < -0.4 is 5.32 Å². The molecule has 1 N–H and O–H groups in total. The number of amides is 2. The maximum atomic E-state index is 11.7. The molecule has 2 amide bonds. The fraction of sp³-hybridized carbons (Fsp3) is 0.800. The lowest BCUT2D eigenvalue weighted by Gasteiger charge is -2.31. The van der Waals surface area contributed by atoms with Crippen LogP contribution in [0.1, 0.15) is 33.1 Å². The van der Waals surface area contributed by atoms with Crippen molar-refractivity contribution in [2.45, 2.75) is 39.2 Å². The highest BCUT2D eigenvalue weighted by Crippen LogP contribution is 2.06. The lowest BCUT2D eigenvalue weighted by atomic mass is 10.1. The Morgan fingerprint density at radius 3 is 2.71 bits per heavy atom. The quantitative estimate of drug-likeness (QED) is 0.716. The molecule has 1 aliphatic heterocycles. The molecular weight excluding hydrogens is 180 g/mol. The Morgan fingerprint density at radius 2 is 2.14 bits per heavy atom. The Morgan fingerprint density at radius 1 is 1.43 bits per heavy atom. The van der Waals surface area contributed by atoms with Crippen LogP contribution in [0.25, 0.3) is 0 Å². The minimum atomic E-state index is -0.298. The molecule has 1 heterocycles. The van der Waals surface area contributed by atoms with Gasteiger partial charge in [0.2, 0.25) is 11.8 Å². The molecule has 1 aliphatic rings. The van der Waals surface area contributed by atoms with E-state index in [-0.39, 0.29) is 24.4 Å². The van der Waals surface area contributed by atoms with Gasteiger partial charge >= 0.3 is 0 Å². The standard InChI is InChI=1S/C10H18N2O2/c1-3-5-6-12-7-9(13)11-8(4-2)10(12)14/h8H,3-7H2,1-2H3,(H,11,13). The van der Waals surface area contributed by atoms with E-state index in [1.54, 1.807) is 4.90 Å². The molecule has 4 nitrogen and oxygen atoms in total. The van der Waals surface area contributed by atoms with Gasteiger partial charge in [-0.15, -0.1) is 0 Å². The van der Waals surface area contributed by atoms with E-state index in [4.69, 9.17) is 0 Å². The molecule has 1 unspecified atom stereocenters. The summed E-state index contributed by atoms with van der Waals surface area (Å²) in [6.07, 6.45) is 2.69. The summed E-state index contributed by atoms with van der Waals surface area (Å²) in [5.41, 5.74) is 0. The zero-order valence-corrected chi connectivity index (χ0v) is 8.88. The molecule has 0 aromatic heterocycles. The fourth-order valence-corrected chi connectivity index (χ4v) is 1.59. The Hall–Kier alpha value is -1.06. The molecule has 80 valence electrons. The third kappa shape index (κ3) is 2.47. The number of rotatable bonds is 4. The van der Waals surface area contributed by atoms with Gasteiger partial charge in [-0.25, -0.2) is 0 Å². The van der Waals surface area contributed by atoms with Crippen molar-refractivity contribution in [2.24, 2.45) is 0 Å². The fourth-order valence-electron chi connectivity index (χ4n) is 1.59. The summed E-state index contributed by atoms with van der Waals surface area (Å²) in [5.74, 6) is 0.0353. The number of hydrogen-bond donors (Lipinski definition) is 1. The maximum absolute atomic E-state index is 11.7. The summed E-state index contributed by atoms with van der Waals surface area (Å²) < 4.78 is 0. The van der Waals surface area contributed by atoms with Gasteiger partial charge in [-0.05, 0) is 12.8 Å². The third-order valence-electron chi connectivity index (χ3n) is 2.47. The first-order chi connectivity index (χ1) is 6.69. The third-order valence-corrected chi connectivity index (χ3v) is 2.47. The predicted octanol–water partition coefficient (Wildman–Crippen LogP) is 0.523. The zero-order valence-electron chi connectivity index (χ0n) is 8.88. The molecule has 1 rings (SSSR count). The summed E-state index contributed by atoms with van der Waals surface area (Å²) in [4.78, 5) is 24.6. The Bertz CT molecular complexity index is 228. The van der Waals surface area contributed by atoms with Crippen molar-refractivity contribution < 1.29 is 9.59 Å². The SMILES string of the molecule is CCCCN1CC(=O)NC(CC)C1=O. The number of piperazine rings is 1. The number of carbonyl (C=O) groups excluding carboxylic acids is 2. The topological polar surface area (TPSA) is 49.4 Å². The maximum Gasteiger partial charge on any atom is 0.245 e. The van der Waals surface area contributed by atoms with Crippen molar-refractivity contribution in [3.8, 4) is 0 Å². The second-order valence-corrected chi connectivity index (χ2v) is 3.64. The molecule has 0 spiro atoms. The first-order valence-corrected chi connectivity index (χ1v) is 5.27. The van der Waals surface area contributed by atoms with Crippen LogP contribution in [0.3, 0.4) is 0 Å². The molecular formula is C10H18N2O2. The number of hydrogen-bond acceptors (Lipinski definition) is 2. The van der Waals surface area contributed by atoms with Gasteiger partial charge in [-0.2, -0.15) is 0 Å². The minimum Gasteiger partial charge on any atom is -0.343 e. The van der Waals surface area contributed by atoms with Crippen molar-refractivity contribution >= 4 is 11.8 Å². The van der Waals surface area contributed by atoms with Crippen LogP contribution in [-0.4, -0.2) is 35.8 Å². The van der Waals surface area contributed by atoms with Crippen molar-refractivity contribution in [1.82, 2.24) is 10.2 Å². The van der Waals surface area contributed by atoms with Crippen LogP contribution in [0.5, 0.6) is 0 Å². The van der Waals surface area contributed by atoms with Gasteiger partial charge in [0.25, 0.3) is 0 Å². The van der Waals surface area contributed by atoms with Gasteiger partial charge in [-0.3, -0.25) is 9.59 Å². The van der Waals surface area contributed by atoms with Gasteiger partial charge in [0.05, 0.1) is 6.54 Å². The highest BCUT2D eigenvalue weighted by Gasteiger charge is 2.30. The summed E-state index contributed by atoms with van der Waals surface area (Å²) in [6.45, 7) is 4.92. The van der Waals surface area contributed by atoms with Crippen molar-refractivity contribution in [2.75, 3.05) is 13.1 Å². The van der Waals surface area contributed by atoms with Gasteiger partial charge in [0.1, 0.15) is 6.04 Å². The summed E-state index contributed by atoms with van der Waals surface area (Å²) in [7, 11) is 0. The lowest BCUT2D eigenvalue weighted by Crippen LogP contribution is -2.57. The molecule has 1 atom stereocenters. The number of carbonyl (C=O) groups is 2. The van der Waals surface area contributed by atoms with Gasteiger partial charge in [-0.1, -0.05) is 20.3 Å². The Kier molecular flexibility index (Phi) is 3.92. The second-order valence-electron chi connectivity index (χ2n) is 3.64. The Balaban J connectivity index is 2.55. The second kappa shape index (κ2) is 4.98. The molecule has 1 saturated heterocycles. The van der Waals surface area contributed by atoms with Crippen LogP contribution in [0.15, 0.2) is 0 Å². The van der Waals surface area contributed by atoms with Crippen LogP contribution in [0.2, 0.25) is 0 Å². The van der Waals surface area contributed by atoms with E-state index in [0.29, 0.717) is 13.0 Å². The van der Waals surface area contributed by atoms with Crippen molar-refractivity contribution in [3.63, 3.8) is 0 Å². The number of unbranched alkanes of at least 4 members (excludes halogenated alkanes) is 1. The van der Waals surface area contributed by atoms with E-state index in [2.05, 4.69) is 12.2 Å². The van der Waals surface area contributed by atoms with Gasteiger partial charge in [0, 0.05) is 6.54 Å². The monoisotopic (exact) mass is 198 g/mol. The molecule has 0 radical (unpaired) electrons. The van der Waals surface area contributed by atoms with Crippen LogP contribution in [0.4, 0.5) is 0 Å². The summed E-state index contributed by atoms with van der Waals surface area (Å²) >= 11 is 0. The van der Waals surface area contributed by atoms with Crippen LogP contribution >= 0.6 is 0 Å². The molecule has 4 heteroatoms. The minimum absolute atomic E-state index is 0.0347. The normalized spacial score (nSPS) is 22.4. The van der Waals surface area contributed by atoms with E-state index in [0.717, 1.165) is 12.8 Å². The van der Waals surface area contributed by atoms with E-state index < -0.39 is 0 Å². The smallest absolute Gasteiger partial charge is 0.245 e. The average molecular weight is 198 g/mol. The highest BCUT2D eigenvalue weighted by molar-refractivity contribution is 5.94. The van der Waals surface area contributed by atoms with Crippen LogP contribution in [0, 0.1) is 0 Å². The molecule has 0 aromatic rings. The molecule has 0 aliphatic carbocycles. The van der Waals surface area contributed by atoms with E-state index >= 15 is 0 Å². The van der Waals surface area contributed by atoms with Gasteiger partial charge in [0.15, 0.2) is 0 Å². The highest BCUT2D eigenvalue weighted by atomic mass is 16.2. The summed E-state index contributed by atoms with van der Waals surface area (Å²) in [6, 6.07) is -0.298. The van der Waals surface area contributed by atoms with Crippen molar-refractivity contribution in [1.29, 1.82) is 0 Å². The van der Waals surface area contributed by atoms with E-state index in [1.807, 2.05) is 6.92 Å². The first kappa shape index (κ1) is 11.0. The molecule has 1 fully saturated rings. The molecule has 0 bridgehead atoms. The summed E-state index contributed by atoms with van der Waals surface area (Å²) in [5, 5.41) is 2.69. The molecule has 0 saturated carbocycles. The zero-order chi connectivity index (χ0) is 10.6. The average Bonchev–Trinajstić information content (AvgIpc) is 2.18. The van der Waals surface area contributed by atoms with Crippen molar-refractivity contribution in [3.05, 3.63) is 0 Å². The molecule has 0 aromatic carbocycles. The van der Waals surface area contributed by atoms with Crippen LogP contribution in [-0.2, 0) is 9.59 Å².